The summed E-state index contributed by atoms with van der Waals surface area (Å²) in [6, 6.07) is 15.0. The Morgan fingerprint density at radius 3 is 2.57 bits per heavy atom. The molecule has 0 bridgehead atoms. The molecule has 2 aromatic carbocycles. The van der Waals surface area contributed by atoms with Gasteiger partial charge in [-0.05, 0) is 30.2 Å². The molecular formula is C22H26N2O4. The van der Waals surface area contributed by atoms with Crippen molar-refractivity contribution in [2.75, 3.05) is 32.9 Å². The van der Waals surface area contributed by atoms with E-state index in [1.165, 1.54) is 12.5 Å². The summed E-state index contributed by atoms with van der Waals surface area (Å²) >= 11 is 0. The van der Waals surface area contributed by atoms with Gasteiger partial charge in [-0.3, -0.25) is 14.5 Å². The Morgan fingerprint density at radius 2 is 1.82 bits per heavy atom. The summed E-state index contributed by atoms with van der Waals surface area (Å²) in [6.07, 6.45) is 0. The van der Waals surface area contributed by atoms with E-state index in [0.717, 1.165) is 38.4 Å². The summed E-state index contributed by atoms with van der Waals surface area (Å²) in [5, 5.41) is 2.91. The average molecular weight is 382 g/mol. The van der Waals surface area contributed by atoms with Gasteiger partial charge in [0.15, 0.2) is 12.4 Å². The number of amides is 1. The Bertz CT molecular complexity index is 816. The summed E-state index contributed by atoms with van der Waals surface area (Å²) in [7, 11) is 0. The third-order valence-electron chi connectivity index (χ3n) is 4.70. The number of nitrogens with one attached hydrogen (secondary N) is 1. The number of carbonyl (C=O) groups excluding carboxylic acids is 2. The molecule has 3 rings (SSSR count). The number of morpholine rings is 1. The number of ketones is 1. The van der Waals surface area contributed by atoms with Crippen molar-refractivity contribution < 1.29 is 19.1 Å². The second-order valence-electron chi connectivity index (χ2n) is 6.81. The van der Waals surface area contributed by atoms with Crippen LogP contribution in [-0.4, -0.2) is 49.5 Å². The van der Waals surface area contributed by atoms with Crippen LogP contribution in [-0.2, 0) is 22.6 Å². The minimum absolute atomic E-state index is 0.0354. The highest BCUT2D eigenvalue weighted by molar-refractivity contribution is 5.94. The number of hydrogen-bond donors (Lipinski definition) is 1. The maximum atomic E-state index is 12.2. The molecule has 0 aromatic heterocycles. The van der Waals surface area contributed by atoms with Crippen molar-refractivity contribution in [3.8, 4) is 5.75 Å². The molecule has 1 aliphatic heterocycles. The van der Waals surface area contributed by atoms with Crippen LogP contribution in [0.25, 0.3) is 0 Å². The van der Waals surface area contributed by atoms with E-state index < -0.39 is 0 Å². The van der Waals surface area contributed by atoms with Gasteiger partial charge in [0.05, 0.1) is 13.2 Å². The summed E-state index contributed by atoms with van der Waals surface area (Å²) in [4.78, 5) is 26.0. The molecule has 148 valence electrons. The van der Waals surface area contributed by atoms with Gasteiger partial charge in [-0.15, -0.1) is 0 Å². The lowest BCUT2D eigenvalue weighted by Gasteiger charge is -2.27. The molecule has 1 saturated heterocycles. The smallest absolute Gasteiger partial charge is 0.258 e. The highest BCUT2D eigenvalue weighted by Gasteiger charge is 2.13. The van der Waals surface area contributed by atoms with E-state index >= 15 is 0 Å². The first-order valence-corrected chi connectivity index (χ1v) is 9.49. The third kappa shape index (κ3) is 5.90. The summed E-state index contributed by atoms with van der Waals surface area (Å²) in [5.74, 6) is 0.275. The maximum absolute atomic E-state index is 12.2. The molecule has 6 heteroatoms. The van der Waals surface area contributed by atoms with Gasteiger partial charge in [0, 0.05) is 31.7 Å². The highest BCUT2D eigenvalue weighted by Crippen LogP contribution is 2.14. The maximum Gasteiger partial charge on any atom is 0.258 e. The molecule has 0 spiro atoms. The molecule has 28 heavy (non-hydrogen) atoms. The van der Waals surface area contributed by atoms with Crippen LogP contribution in [0.3, 0.4) is 0 Å². The zero-order valence-electron chi connectivity index (χ0n) is 16.1. The monoisotopic (exact) mass is 382 g/mol. The van der Waals surface area contributed by atoms with Crippen LogP contribution in [0, 0.1) is 0 Å². The van der Waals surface area contributed by atoms with Crippen molar-refractivity contribution >= 4 is 11.7 Å². The van der Waals surface area contributed by atoms with Crippen molar-refractivity contribution in [1.29, 1.82) is 0 Å². The van der Waals surface area contributed by atoms with Crippen molar-refractivity contribution in [3.05, 3.63) is 65.2 Å². The van der Waals surface area contributed by atoms with E-state index in [2.05, 4.69) is 16.3 Å². The fourth-order valence-corrected chi connectivity index (χ4v) is 3.08. The van der Waals surface area contributed by atoms with E-state index in [9.17, 15) is 9.59 Å². The molecule has 1 fully saturated rings. The lowest BCUT2D eigenvalue weighted by molar-refractivity contribution is -0.123. The number of carbonyl (C=O) groups is 2. The topological polar surface area (TPSA) is 67.9 Å². The molecule has 1 heterocycles. The normalized spacial score (nSPS) is 14.5. The molecule has 6 nitrogen and oxygen atoms in total. The molecule has 0 saturated carbocycles. The van der Waals surface area contributed by atoms with Crippen molar-refractivity contribution in [3.63, 3.8) is 0 Å². The first-order chi connectivity index (χ1) is 13.6. The average Bonchev–Trinajstić information content (AvgIpc) is 2.72. The van der Waals surface area contributed by atoms with Crippen LogP contribution < -0.4 is 10.1 Å². The van der Waals surface area contributed by atoms with Crippen molar-refractivity contribution in [2.24, 2.45) is 0 Å². The minimum Gasteiger partial charge on any atom is -0.484 e. The van der Waals surface area contributed by atoms with Crippen molar-refractivity contribution in [2.45, 2.75) is 20.0 Å². The quantitative estimate of drug-likeness (QED) is 0.710. The minimum atomic E-state index is -0.200. The standard InChI is InChI=1S/C22H26N2O4/c1-17(25)18-7-4-8-21(13-18)28-16-22(26)23-14-19-5-2-3-6-20(19)15-24-9-11-27-12-10-24/h2-8,13H,9-12,14-16H2,1H3,(H,23,26). The Morgan fingerprint density at radius 1 is 1.07 bits per heavy atom. The van der Waals surface area contributed by atoms with Crippen LogP contribution in [0.1, 0.15) is 28.4 Å². The van der Waals surface area contributed by atoms with E-state index in [0.29, 0.717) is 17.9 Å². The number of hydrogen-bond acceptors (Lipinski definition) is 5. The zero-order valence-corrected chi connectivity index (χ0v) is 16.1. The predicted molar refractivity (Wildman–Crippen MR) is 106 cm³/mol. The fourth-order valence-electron chi connectivity index (χ4n) is 3.08. The first kappa shape index (κ1) is 20.0. The summed E-state index contributed by atoms with van der Waals surface area (Å²) < 4.78 is 10.9. The van der Waals surface area contributed by atoms with E-state index in [4.69, 9.17) is 9.47 Å². The zero-order chi connectivity index (χ0) is 19.8. The van der Waals surface area contributed by atoms with Gasteiger partial charge in [-0.25, -0.2) is 0 Å². The lowest BCUT2D eigenvalue weighted by Crippen LogP contribution is -2.36. The molecule has 1 N–H and O–H groups in total. The molecule has 0 unspecified atom stereocenters. The van der Waals surface area contributed by atoms with Gasteiger partial charge in [-0.2, -0.15) is 0 Å². The van der Waals surface area contributed by atoms with Gasteiger partial charge < -0.3 is 14.8 Å². The van der Waals surface area contributed by atoms with E-state index in [1.807, 2.05) is 18.2 Å². The Hall–Kier alpha value is -2.70. The van der Waals surface area contributed by atoms with Crippen LogP contribution in [0.5, 0.6) is 5.75 Å². The number of ether oxygens (including phenoxy) is 2. The molecule has 0 aliphatic carbocycles. The Labute approximate surface area is 165 Å². The second-order valence-corrected chi connectivity index (χ2v) is 6.81. The number of nitrogens with zero attached hydrogens (tertiary/aromatic N) is 1. The largest absolute Gasteiger partial charge is 0.484 e. The Balaban J connectivity index is 1.50. The fraction of sp³-hybridized carbons (Fsp3) is 0.364. The molecule has 0 atom stereocenters. The highest BCUT2D eigenvalue weighted by atomic mass is 16.5. The molecule has 1 amide bonds. The predicted octanol–water partition coefficient (Wildman–Crippen LogP) is 2.42. The molecule has 0 radical (unpaired) electrons. The van der Waals surface area contributed by atoms with E-state index in [1.54, 1.807) is 24.3 Å². The number of rotatable bonds is 8. The summed E-state index contributed by atoms with van der Waals surface area (Å²) in [6.45, 7) is 6.09. The Kier molecular flexibility index (Phi) is 7.17. The molecule has 2 aromatic rings. The van der Waals surface area contributed by atoms with Gasteiger partial charge in [0.25, 0.3) is 5.91 Å². The van der Waals surface area contributed by atoms with E-state index in [-0.39, 0.29) is 18.3 Å². The summed E-state index contributed by atoms with van der Waals surface area (Å²) in [5.41, 5.74) is 2.87. The molecule has 1 aliphatic rings. The van der Waals surface area contributed by atoms with Gasteiger partial charge in [-0.1, -0.05) is 36.4 Å². The van der Waals surface area contributed by atoms with Gasteiger partial charge >= 0.3 is 0 Å². The number of benzene rings is 2. The third-order valence-corrected chi connectivity index (χ3v) is 4.70. The lowest BCUT2D eigenvalue weighted by atomic mass is 10.1. The second kappa shape index (κ2) is 10.0. The first-order valence-electron chi connectivity index (χ1n) is 9.49. The van der Waals surface area contributed by atoms with Crippen LogP contribution in [0.4, 0.5) is 0 Å². The van der Waals surface area contributed by atoms with Crippen molar-refractivity contribution in [1.82, 2.24) is 10.2 Å². The number of Topliss-reactive ketones (excluding diaryl/α,β-unsaturated/α-hetero) is 1. The van der Waals surface area contributed by atoms with Gasteiger partial charge in [0.2, 0.25) is 0 Å². The van der Waals surface area contributed by atoms with Crippen LogP contribution in [0.15, 0.2) is 48.5 Å². The van der Waals surface area contributed by atoms with Gasteiger partial charge in [0.1, 0.15) is 5.75 Å². The SMILES string of the molecule is CC(=O)c1cccc(OCC(=O)NCc2ccccc2CN2CCOCC2)c1. The van der Waals surface area contributed by atoms with Crippen LogP contribution >= 0.6 is 0 Å². The molecular weight excluding hydrogens is 356 g/mol. The van der Waals surface area contributed by atoms with Crippen LogP contribution in [0.2, 0.25) is 0 Å².